The lowest BCUT2D eigenvalue weighted by molar-refractivity contribution is -0.117. The molecule has 3 rings (SSSR count). The Morgan fingerprint density at radius 3 is 2.62 bits per heavy atom. The van der Waals surface area contributed by atoms with Crippen LogP contribution in [0.4, 0.5) is 5.69 Å². The van der Waals surface area contributed by atoms with Crippen molar-refractivity contribution in [2.24, 2.45) is 0 Å². The van der Waals surface area contributed by atoms with Crippen LogP contribution in [0.15, 0.2) is 59.0 Å². The number of nitrogens with one attached hydrogen (secondary N) is 1. The van der Waals surface area contributed by atoms with Gasteiger partial charge in [0.1, 0.15) is 17.1 Å². The molecule has 0 aliphatic carbocycles. The molecule has 0 saturated heterocycles. The smallest absolute Gasteiger partial charge is 0.238 e. The van der Waals surface area contributed by atoms with E-state index in [1.807, 2.05) is 80.4 Å². The minimum atomic E-state index is -0.0698. The zero-order chi connectivity index (χ0) is 18.5. The second-order valence-corrected chi connectivity index (χ2v) is 6.28. The largest absolute Gasteiger partial charge is 0.494 e. The highest BCUT2D eigenvalue weighted by molar-refractivity contribution is 5.92. The van der Waals surface area contributed by atoms with E-state index in [4.69, 9.17) is 9.15 Å². The number of para-hydroxylation sites is 1. The summed E-state index contributed by atoms with van der Waals surface area (Å²) in [5.74, 6) is 1.57. The van der Waals surface area contributed by atoms with Crippen molar-refractivity contribution in [1.82, 2.24) is 4.90 Å². The van der Waals surface area contributed by atoms with Crippen molar-refractivity contribution in [1.29, 1.82) is 0 Å². The average Bonchev–Trinajstić information content (AvgIpc) is 3.07. The first-order valence-corrected chi connectivity index (χ1v) is 8.78. The highest BCUT2D eigenvalue weighted by atomic mass is 16.5. The Kier molecular flexibility index (Phi) is 5.58. The molecule has 1 N–H and O–H groups in total. The lowest BCUT2D eigenvalue weighted by atomic mass is 10.2. The van der Waals surface area contributed by atoms with Crippen molar-refractivity contribution >= 4 is 22.6 Å². The van der Waals surface area contributed by atoms with E-state index in [0.29, 0.717) is 6.61 Å². The molecule has 5 nitrogen and oxygen atoms in total. The third-order valence-corrected chi connectivity index (χ3v) is 4.36. The van der Waals surface area contributed by atoms with E-state index in [-0.39, 0.29) is 18.5 Å². The van der Waals surface area contributed by atoms with E-state index in [2.05, 4.69) is 5.32 Å². The van der Waals surface area contributed by atoms with Gasteiger partial charge in [0.05, 0.1) is 19.2 Å². The third kappa shape index (κ3) is 4.24. The van der Waals surface area contributed by atoms with Gasteiger partial charge in [0.15, 0.2) is 0 Å². The molecule has 26 heavy (non-hydrogen) atoms. The predicted molar refractivity (Wildman–Crippen MR) is 103 cm³/mol. The number of carbonyl (C=O) groups is 1. The van der Waals surface area contributed by atoms with Crippen LogP contribution in [0.5, 0.6) is 5.75 Å². The first-order valence-electron chi connectivity index (χ1n) is 8.78. The molecule has 0 aliphatic heterocycles. The summed E-state index contributed by atoms with van der Waals surface area (Å²) < 4.78 is 11.3. The number of rotatable bonds is 7. The van der Waals surface area contributed by atoms with Gasteiger partial charge in [0.2, 0.25) is 5.91 Å². The minimum absolute atomic E-state index is 0.00604. The van der Waals surface area contributed by atoms with Crippen molar-refractivity contribution in [2.45, 2.75) is 19.9 Å². The summed E-state index contributed by atoms with van der Waals surface area (Å²) in [6.07, 6.45) is 0. The standard InChI is InChI=1S/C21H24N2O3/c1-4-25-18-11-9-17(10-12-18)22-21(24)14-23(3)15(2)20-13-16-7-5-6-8-19(16)26-20/h5-13,15H,4,14H2,1-3H3,(H,22,24)/t15-/m1/s1. The molecule has 0 saturated carbocycles. The maximum absolute atomic E-state index is 12.3. The van der Waals surface area contributed by atoms with E-state index < -0.39 is 0 Å². The number of furan rings is 1. The van der Waals surface area contributed by atoms with Crippen molar-refractivity contribution in [2.75, 3.05) is 25.5 Å². The molecule has 5 heteroatoms. The Morgan fingerprint density at radius 2 is 1.92 bits per heavy atom. The van der Waals surface area contributed by atoms with Gasteiger partial charge in [-0.1, -0.05) is 18.2 Å². The van der Waals surface area contributed by atoms with Crippen LogP contribution < -0.4 is 10.1 Å². The van der Waals surface area contributed by atoms with Gasteiger partial charge < -0.3 is 14.5 Å². The fourth-order valence-corrected chi connectivity index (χ4v) is 2.79. The molecule has 1 atom stereocenters. The maximum Gasteiger partial charge on any atom is 0.238 e. The third-order valence-electron chi connectivity index (χ3n) is 4.36. The number of fused-ring (bicyclic) bond motifs is 1. The Morgan fingerprint density at radius 1 is 1.19 bits per heavy atom. The van der Waals surface area contributed by atoms with Gasteiger partial charge in [0, 0.05) is 11.1 Å². The normalized spacial score (nSPS) is 12.3. The van der Waals surface area contributed by atoms with Crippen LogP contribution in [0.1, 0.15) is 25.6 Å². The van der Waals surface area contributed by atoms with Crippen LogP contribution >= 0.6 is 0 Å². The van der Waals surface area contributed by atoms with Gasteiger partial charge in [-0.25, -0.2) is 0 Å². The lowest BCUT2D eigenvalue weighted by Gasteiger charge is -2.22. The number of nitrogens with zero attached hydrogens (tertiary/aromatic N) is 1. The molecule has 1 aromatic heterocycles. The molecule has 0 spiro atoms. The average molecular weight is 352 g/mol. The van der Waals surface area contributed by atoms with Crippen LogP contribution in [0.3, 0.4) is 0 Å². The number of hydrogen-bond acceptors (Lipinski definition) is 4. The number of hydrogen-bond donors (Lipinski definition) is 1. The summed E-state index contributed by atoms with van der Waals surface area (Å²) in [6, 6.07) is 17.3. The number of amides is 1. The van der Waals surface area contributed by atoms with Crippen LogP contribution in [0.25, 0.3) is 11.0 Å². The van der Waals surface area contributed by atoms with Crippen molar-refractivity contribution < 1.29 is 13.9 Å². The molecule has 1 heterocycles. The molecule has 0 bridgehead atoms. The summed E-state index contributed by atoms with van der Waals surface area (Å²) >= 11 is 0. The van der Waals surface area contributed by atoms with Gasteiger partial charge in [-0.2, -0.15) is 0 Å². The number of anilines is 1. The van der Waals surface area contributed by atoms with E-state index >= 15 is 0 Å². The number of carbonyl (C=O) groups excluding carboxylic acids is 1. The van der Waals surface area contributed by atoms with Crippen LogP contribution in [0.2, 0.25) is 0 Å². The van der Waals surface area contributed by atoms with Crippen molar-refractivity contribution in [3.63, 3.8) is 0 Å². The Balaban J connectivity index is 1.59. The summed E-state index contributed by atoms with van der Waals surface area (Å²) in [5, 5.41) is 3.98. The fraction of sp³-hybridized carbons (Fsp3) is 0.286. The van der Waals surface area contributed by atoms with E-state index in [1.165, 1.54) is 0 Å². The first-order chi connectivity index (χ1) is 12.6. The minimum Gasteiger partial charge on any atom is -0.494 e. The molecule has 0 fully saturated rings. The second kappa shape index (κ2) is 8.06. The van der Waals surface area contributed by atoms with E-state index in [1.54, 1.807) is 0 Å². The topological polar surface area (TPSA) is 54.7 Å². The lowest BCUT2D eigenvalue weighted by Crippen LogP contribution is -2.32. The van der Waals surface area contributed by atoms with E-state index in [0.717, 1.165) is 28.2 Å². The van der Waals surface area contributed by atoms with E-state index in [9.17, 15) is 4.79 Å². The molecular formula is C21H24N2O3. The molecule has 3 aromatic rings. The van der Waals surface area contributed by atoms with Crippen LogP contribution in [-0.4, -0.2) is 31.0 Å². The molecule has 1 amide bonds. The zero-order valence-corrected chi connectivity index (χ0v) is 15.4. The molecular weight excluding hydrogens is 328 g/mol. The molecule has 2 aromatic carbocycles. The molecule has 0 aliphatic rings. The van der Waals surface area contributed by atoms with Crippen molar-refractivity contribution in [3.05, 3.63) is 60.4 Å². The Bertz CT molecular complexity index is 837. The first kappa shape index (κ1) is 18.0. The highest BCUT2D eigenvalue weighted by Crippen LogP contribution is 2.26. The summed E-state index contributed by atoms with van der Waals surface area (Å²) in [4.78, 5) is 14.3. The zero-order valence-electron chi connectivity index (χ0n) is 15.4. The predicted octanol–water partition coefficient (Wildman–Crippen LogP) is 4.46. The Labute approximate surface area is 153 Å². The number of ether oxygens (including phenoxy) is 1. The molecule has 0 radical (unpaired) electrons. The number of likely N-dealkylation sites (N-methyl/N-ethyl adjacent to an activating group) is 1. The molecule has 0 unspecified atom stereocenters. The summed E-state index contributed by atoms with van der Waals surface area (Å²) in [5.41, 5.74) is 1.62. The van der Waals surface area contributed by atoms with Gasteiger partial charge in [-0.15, -0.1) is 0 Å². The highest BCUT2D eigenvalue weighted by Gasteiger charge is 2.18. The maximum atomic E-state index is 12.3. The van der Waals surface area contributed by atoms with Gasteiger partial charge in [0.25, 0.3) is 0 Å². The molecule has 136 valence electrons. The van der Waals surface area contributed by atoms with Crippen LogP contribution in [-0.2, 0) is 4.79 Å². The number of benzene rings is 2. The summed E-state index contributed by atoms with van der Waals surface area (Å²) in [7, 11) is 1.91. The Hall–Kier alpha value is -2.79. The quantitative estimate of drug-likeness (QED) is 0.682. The van der Waals surface area contributed by atoms with Crippen LogP contribution in [0, 0.1) is 0 Å². The second-order valence-electron chi connectivity index (χ2n) is 6.28. The summed E-state index contributed by atoms with van der Waals surface area (Å²) in [6.45, 7) is 4.86. The monoisotopic (exact) mass is 352 g/mol. The van der Waals surface area contributed by atoms with Gasteiger partial charge in [-0.3, -0.25) is 9.69 Å². The van der Waals surface area contributed by atoms with Gasteiger partial charge >= 0.3 is 0 Å². The van der Waals surface area contributed by atoms with Gasteiger partial charge in [-0.05, 0) is 57.3 Å². The SMILES string of the molecule is CCOc1ccc(NC(=O)CN(C)[C@H](C)c2cc3ccccc3o2)cc1. The van der Waals surface area contributed by atoms with Crippen molar-refractivity contribution in [3.8, 4) is 5.75 Å². The fourth-order valence-electron chi connectivity index (χ4n) is 2.79.